The van der Waals surface area contributed by atoms with Crippen LogP contribution in [0.2, 0.25) is 5.02 Å². The summed E-state index contributed by atoms with van der Waals surface area (Å²) in [6, 6.07) is 9.63. The highest BCUT2D eigenvalue weighted by Gasteiger charge is 2.36. The van der Waals surface area contributed by atoms with E-state index in [9.17, 15) is 9.59 Å². The predicted octanol–water partition coefficient (Wildman–Crippen LogP) is 4.37. The second-order valence-electron chi connectivity index (χ2n) is 7.04. The molecule has 0 saturated heterocycles. The van der Waals surface area contributed by atoms with E-state index >= 15 is 0 Å². The molecule has 0 atom stereocenters. The molecule has 4 rings (SSSR count). The highest BCUT2D eigenvalue weighted by Crippen LogP contribution is 2.43. The van der Waals surface area contributed by atoms with E-state index in [0.717, 1.165) is 0 Å². The topological polar surface area (TPSA) is 95.2 Å². The number of fused-ring (bicyclic) bond motifs is 1. The smallest absolute Gasteiger partial charge is 0.306 e. The number of para-hydroxylation sites is 1. The van der Waals surface area contributed by atoms with E-state index in [1.807, 2.05) is 0 Å². The zero-order chi connectivity index (χ0) is 21.4. The minimum absolute atomic E-state index is 0.246. The summed E-state index contributed by atoms with van der Waals surface area (Å²) >= 11 is 6.23. The van der Waals surface area contributed by atoms with Crippen molar-refractivity contribution in [3.8, 4) is 28.6 Å². The molecule has 3 aromatic rings. The molecule has 0 amide bonds. The van der Waals surface area contributed by atoms with Gasteiger partial charge in [0, 0.05) is 12.1 Å². The van der Waals surface area contributed by atoms with Crippen LogP contribution in [-0.4, -0.2) is 31.4 Å². The van der Waals surface area contributed by atoms with Gasteiger partial charge in [0.25, 0.3) is 0 Å². The van der Waals surface area contributed by atoms with E-state index in [0.29, 0.717) is 46.1 Å². The van der Waals surface area contributed by atoms with E-state index in [1.54, 1.807) is 30.3 Å². The highest BCUT2D eigenvalue weighted by molar-refractivity contribution is 6.34. The Bertz CT molecular complexity index is 1180. The largest absolute Gasteiger partial charge is 0.493 e. The maximum atomic E-state index is 12.6. The van der Waals surface area contributed by atoms with Gasteiger partial charge in [0.2, 0.25) is 0 Å². The quantitative estimate of drug-likeness (QED) is 0.620. The summed E-state index contributed by atoms with van der Waals surface area (Å²) < 4.78 is 22.8. The molecule has 7 nitrogen and oxygen atoms in total. The molecule has 1 aliphatic carbocycles. The first kappa shape index (κ1) is 20.1. The predicted molar refractivity (Wildman–Crippen MR) is 111 cm³/mol. The summed E-state index contributed by atoms with van der Waals surface area (Å²) in [4.78, 5) is 23.7. The molecule has 156 valence electrons. The van der Waals surface area contributed by atoms with Gasteiger partial charge in [-0.15, -0.1) is 0 Å². The van der Waals surface area contributed by atoms with E-state index in [4.69, 9.17) is 35.3 Å². The number of benzene rings is 2. The number of aliphatic carboxylic acids is 1. The van der Waals surface area contributed by atoms with Crippen LogP contribution in [0.1, 0.15) is 12.8 Å². The van der Waals surface area contributed by atoms with Crippen molar-refractivity contribution in [1.82, 2.24) is 0 Å². The third kappa shape index (κ3) is 3.57. The van der Waals surface area contributed by atoms with E-state index in [1.165, 1.54) is 20.3 Å². The van der Waals surface area contributed by atoms with Crippen molar-refractivity contribution in [1.29, 1.82) is 0 Å². The molecule has 1 N–H and O–H groups in total. The van der Waals surface area contributed by atoms with Gasteiger partial charge in [-0.25, -0.2) is 0 Å². The van der Waals surface area contributed by atoms with Gasteiger partial charge in [-0.05, 0) is 31.0 Å². The van der Waals surface area contributed by atoms with Gasteiger partial charge >= 0.3 is 5.97 Å². The minimum Gasteiger partial charge on any atom is -0.493 e. The molecule has 0 aliphatic heterocycles. The number of carboxylic acid groups (broad SMARTS) is 1. The lowest BCUT2D eigenvalue weighted by Gasteiger charge is -2.33. The molecule has 1 fully saturated rings. The lowest BCUT2D eigenvalue weighted by atomic mass is 9.82. The molecule has 1 saturated carbocycles. The number of ether oxygens (including phenoxy) is 3. The van der Waals surface area contributed by atoms with Gasteiger partial charge in [-0.3, -0.25) is 9.59 Å². The molecule has 0 unspecified atom stereocenters. The molecular formula is C22H19ClO7. The first-order valence-corrected chi connectivity index (χ1v) is 9.67. The molecule has 2 aromatic carbocycles. The van der Waals surface area contributed by atoms with E-state index < -0.39 is 11.9 Å². The average Bonchev–Trinajstić information content (AvgIpc) is 2.70. The lowest BCUT2D eigenvalue weighted by Crippen LogP contribution is -2.38. The number of hydrogen-bond acceptors (Lipinski definition) is 6. The van der Waals surface area contributed by atoms with Crippen LogP contribution < -0.4 is 19.6 Å². The number of rotatable bonds is 6. The van der Waals surface area contributed by atoms with Crippen LogP contribution in [0.5, 0.6) is 17.2 Å². The fraction of sp³-hybridized carbons (Fsp3) is 0.273. The maximum absolute atomic E-state index is 12.6. The molecule has 30 heavy (non-hydrogen) atoms. The molecule has 8 heteroatoms. The van der Waals surface area contributed by atoms with Gasteiger partial charge in [0.05, 0.1) is 36.1 Å². The summed E-state index contributed by atoms with van der Waals surface area (Å²) in [5, 5.41) is 9.79. The molecule has 0 bridgehead atoms. The van der Waals surface area contributed by atoms with Crippen molar-refractivity contribution >= 4 is 28.5 Å². The molecule has 0 radical (unpaired) electrons. The summed E-state index contributed by atoms with van der Waals surface area (Å²) in [6.07, 6.45) is 0.534. The van der Waals surface area contributed by atoms with Crippen molar-refractivity contribution in [2.75, 3.05) is 14.2 Å². The number of carbonyl (C=O) groups is 1. The fourth-order valence-electron chi connectivity index (χ4n) is 3.47. The van der Waals surface area contributed by atoms with Crippen molar-refractivity contribution < 1.29 is 28.5 Å². The lowest BCUT2D eigenvalue weighted by molar-refractivity contribution is -0.147. The van der Waals surface area contributed by atoms with Crippen molar-refractivity contribution in [3.63, 3.8) is 0 Å². The summed E-state index contributed by atoms with van der Waals surface area (Å²) in [6.45, 7) is 0. The van der Waals surface area contributed by atoms with Crippen LogP contribution in [0.4, 0.5) is 0 Å². The van der Waals surface area contributed by atoms with Crippen molar-refractivity contribution in [2.24, 2.45) is 5.92 Å². The van der Waals surface area contributed by atoms with E-state index in [-0.39, 0.29) is 22.9 Å². The normalized spacial score (nSPS) is 18.0. The van der Waals surface area contributed by atoms with Crippen LogP contribution in [0.15, 0.2) is 45.6 Å². The summed E-state index contributed by atoms with van der Waals surface area (Å²) in [5.41, 5.74) is 0.506. The molecule has 0 spiro atoms. The zero-order valence-corrected chi connectivity index (χ0v) is 17.1. The molecule has 1 aromatic heterocycles. The van der Waals surface area contributed by atoms with Gasteiger partial charge in [-0.1, -0.05) is 17.7 Å². The number of hydrogen-bond donors (Lipinski definition) is 1. The van der Waals surface area contributed by atoms with Gasteiger partial charge in [0.15, 0.2) is 22.5 Å². The Morgan fingerprint density at radius 3 is 2.47 bits per heavy atom. The Labute approximate surface area is 176 Å². The van der Waals surface area contributed by atoms with Gasteiger partial charge < -0.3 is 23.7 Å². The van der Waals surface area contributed by atoms with Crippen molar-refractivity contribution in [3.05, 3.63) is 51.6 Å². The summed E-state index contributed by atoms with van der Waals surface area (Å²) in [7, 11) is 3.00. The Morgan fingerprint density at radius 1 is 1.10 bits per heavy atom. The fourth-order valence-corrected chi connectivity index (χ4v) is 3.68. The third-order valence-corrected chi connectivity index (χ3v) is 5.49. The SMILES string of the molecule is COc1cc(OC2CC(C(=O)O)C2)c(-c2cc(=O)c3cccc(Cl)c3o2)cc1OC. The Hall–Kier alpha value is -3.19. The minimum atomic E-state index is -0.836. The number of halogens is 1. The second-order valence-corrected chi connectivity index (χ2v) is 7.45. The summed E-state index contributed by atoms with van der Waals surface area (Å²) in [5.74, 6) is 0.264. The second kappa shape index (κ2) is 7.91. The van der Waals surface area contributed by atoms with Gasteiger partial charge in [0.1, 0.15) is 17.6 Å². The van der Waals surface area contributed by atoms with Gasteiger partial charge in [-0.2, -0.15) is 0 Å². The Kier molecular flexibility index (Phi) is 5.30. The Balaban J connectivity index is 1.82. The maximum Gasteiger partial charge on any atom is 0.306 e. The van der Waals surface area contributed by atoms with Crippen LogP contribution in [-0.2, 0) is 4.79 Å². The van der Waals surface area contributed by atoms with Crippen LogP contribution in [0.3, 0.4) is 0 Å². The molecule has 1 heterocycles. The number of carboxylic acids is 1. The standard InChI is InChI=1S/C22H19ClO7/c1-27-19-8-14(17-9-16(24)13-4-3-5-15(23)21(13)30-17)18(10-20(19)28-2)29-12-6-11(7-12)22(25)26/h3-5,8-12H,6-7H2,1-2H3,(H,25,26). The average molecular weight is 431 g/mol. The first-order valence-electron chi connectivity index (χ1n) is 9.29. The van der Waals surface area contributed by atoms with Crippen LogP contribution >= 0.6 is 11.6 Å². The van der Waals surface area contributed by atoms with E-state index in [2.05, 4.69) is 0 Å². The van der Waals surface area contributed by atoms with Crippen LogP contribution in [0, 0.1) is 5.92 Å². The Morgan fingerprint density at radius 2 is 1.80 bits per heavy atom. The highest BCUT2D eigenvalue weighted by atomic mass is 35.5. The molecule has 1 aliphatic rings. The zero-order valence-electron chi connectivity index (χ0n) is 16.3. The first-order chi connectivity index (χ1) is 14.4. The molecular weight excluding hydrogens is 412 g/mol. The van der Waals surface area contributed by atoms with Crippen LogP contribution in [0.25, 0.3) is 22.3 Å². The third-order valence-electron chi connectivity index (χ3n) is 5.20. The number of methoxy groups -OCH3 is 2. The monoisotopic (exact) mass is 430 g/mol. The van der Waals surface area contributed by atoms with Crippen molar-refractivity contribution in [2.45, 2.75) is 18.9 Å².